The van der Waals surface area contributed by atoms with Crippen LogP contribution in [0.15, 0.2) is 95.0 Å². The summed E-state index contributed by atoms with van der Waals surface area (Å²) in [7, 11) is 0. The number of aromatic nitrogens is 4. The molecular weight excluding hydrogens is 458 g/mol. The molecule has 2 N–H and O–H groups in total. The van der Waals surface area contributed by atoms with Crippen molar-refractivity contribution in [1.82, 2.24) is 19.1 Å². The molecule has 0 atom stereocenters. The Morgan fingerprint density at radius 3 is 2.43 bits per heavy atom. The number of hydrogen-bond donors (Lipinski definition) is 1. The molecular formula is C27H23N5O2S. The van der Waals surface area contributed by atoms with Crippen molar-refractivity contribution in [2.24, 2.45) is 5.73 Å². The van der Waals surface area contributed by atoms with Gasteiger partial charge < -0.3 is 5.73 Å². The zero-order valence-corrected chi connectivity index (χ0v) is 19.9. The fraction of sp³-hybridized carbons (Fsp3) is 0.111. The van der Waals surface area contributed by atoms with Gasteiger partial charge in [-0.25, -0.2) is 9.97 Å². The molecule has 0 saturated carbocycles. The van der Waals surface area contributed by atoms with E-state index in [1.807, 2.05) is 42.6 Å². The standard InChI is InChI=1S/C27H23N5O2S/c1-18-11-13-19(14-12-18)23-15-29-27(32(23)20-7-3-2-4-8-20)35-17-25-30-22-10-6-5-9-21(22)26(34)31(25)16-24(28)33/h2-15H,16-17H2,1H3,(H2,28,33). The third kappa shape index (κ3) is 4.61. The van der Waals surface area contributed by atoms with Crippen LogP contribution >= 0.6 is 11.8 Å². The van der Waals surface area contributed by atoms with Gasteiger partial charge in [-0.05, 0) is 31.2 Å². The van der Waals surface area contributed by atoms with Crippen LogP contribution in [0.1, 0.15) is 11.4 Å². The number of hydrogen-bond acceptors (Lipinski definition) is 5. The monoisotopic (exact) mass is 481 g/mol. The van der Waals surface area contributed by atoms with Crippen LogP contribution in [0, 0.1) is 6.92 Å². The maximum Gasteiger partial charge on any atom is 0.261 e. The minimum absolute atomic E-state index is 0.228. The van der Waals surface area contributed by atoms with E-state index in [1.165, 1.54) is 21.9 Å². The number of carbonyl (C=O) groups is 1. The van der Waals surface area contributed by atoms with Crippen molar-refractivity contribution in [1.29, 1.82) is 0 Å². The number of primary amides is 1. The van der Waals surface area contributed by atoms with Crippen LogP contribution in [-0.4, -0.2) is 25.0 Å². The highest BCUT2D eigenvalue weighted by Gasteiger charge is 2.17. The van der Waals surface area contributed by atoms with E-state index < -0.39 is 5.91 Å². The molecule has 0 aliphatic carbocycles. The average molecular weight is 482 g/mol. The number of aryl methyl sites for hydroxylation is 1. The predicted octanol–water partition coefficient (Wildman–Crippen LogP) is 4.34. The second-order valence-electron chi connectivity index (χ2n) is 8.15. The van der Waals surface area contributed by atoms with Crippen LogP contribution in [0.5, 0.6) is 0 Å². The normalized spacial score (nSPS) is 11.1. The smallest absolute Gasteiger partial charge is 0.261 e. The lowest BCUT2D eigenvalue weighted by Crippen LogP contribution is -2.31. The van der Waals surface area contributed by atoms with E-state index in [0.29, 0.717) is 22.5 Å². The first-order valence-corrected chi connectivity index (χ1v) is 12.1. The minimum Gasteiger partial charge on any atom is -0.368 e. The Hall–Kier alpha value is -4.17. The van der Waals surface area contributed by atoms with Gasteiger partial charge in [0.25, 0.3) is 5.56 Å². The molecule has 174 valence electrons. The molecule has 2 heterocycles. The van der Waals surface area contributed by atoms with Crippen molar-refractivity contribution in [3.8, 4) is 16.9 Å². The van der Waals surface area contributed by atoms with E-state index in [2.05, 4.69) is 40.7 Å². The lowest BCUT2D eigenvalue weighted by Gasteiger charge is -2.14. The Bertz CT molecular complexity index is 1570. The van der Waals surface area contributed by atoms with Crippen molar-refractivity contribution in [2.45, 2.75) is 24.4 Å². The minimum atomic E-state index is -0.595. The summed E-state index contributed by atoms with van der Waals surface area (Å²) in [5.74, 6) is 0.213. The number of carbonyl (C=O) groups excluding carboxylic acids is 1. The molecule has 0 bridgehead atoms. The van der Waals surface area contributed by atoms with E-state index in [-0.39, 0.29) is 12.1 Å². The van der Waals surface area contributed by atoms with Gasteiger partial charge in [0.1, 0.15) is 12.4 Å². The first kappa shape index (κ1) is 22.6. The Morgan fingerprint density at radius 2 is 1.69 bits per heavy atom. The molecule has 7 nitrogen and oxygen atoms in total. The second-order valence-corrected chi connectivity index (χ2v) is 9.10. The summed E-state index contributed by atoms with van der Waals surface area (Å²) < 4.78 is 3.45. The van der Waals surface area contributed by atoms with Gasteiger partial charge in [0, 0.05) is 11.3 Å². The van der Waals surface area contributed by atoms with Crippen molar-refractivity contribution in [2.75, 3.05) is 0 Å². The number of imidazole rings is 1. The highest BCUT2D eigenvalue weighted by atomic mass is 32.2. The van der Waals surface area contributed by atoms with Crippen LogP contribution < -0.4 is 11.3 Å². The predicted molar refractivity (Wildman–Crippen MR) is 138 cm³/mol. The summed E-state index contributed by atoms with van der Waals surface area (Å²) in [5.41, 5.74) is 9.91. The third-order valence-electron chi connectivity index (χ3n) is 5.68. The zero-order chi connectivity index (χ0) is 24.4. The van der Waals surface area contributed by atoms with Crippen LogP contribution in [0.4, 0.5) is 0 Å². The summed E-state index contributed by atoms with van der Waals surface area (Å²) in [6.07, 6.45) is 1.85. The summed E-state index contributed by atoms with van der Waals surface area (Å²) in [5, 5.41) is 1.20. The number of fused-ring (bicyclic) bond motifs is 1. The molecule has 8 heteroatoms. The molecule has 3 aromatic carbocycles. The van der Waals surface area contributed by atoms with Gasteiger partial charge in [-0.1, -0.05) is 71.9 Å². The molecule has 2 aromatic heterocycles. The number of thioether (sulfide) groups is 1. The van der Waals surface area contributed by atoms with Gasteiger partial charge in [0.15, 0.2) is 5.16 Å². The molecule has 0 saturated heterocycles. The largest absolute Gasteiger partial charge is 0.368 e. The molecule has 0 aliphatic rings. The number of amides is 1. The van der Waals surface area contributed by atoms with Gasteiger partial charge in [0.05, 0.1) is 28.5 Å². The number of nitrogens with zero attached hydrogens (tertiary/aromatic N) is 4. The van der Waals surface area contributed by atoms with Gasteiger partial charge in [-0.15, -0.1) is 0 Å². The van der Waals surface area contributed by atoms with Crippen molar-refractivity contribution < 1.29 is 4.79 Å². The Morgan fingerprint density at radius 1 is 0.971 bits per heavy atom. The Kier molecular flexibility index (Phi) is 6.20. The molecule has 1 amide bonds. The third-order valence-corrected chi connectivity index (χ3v) is 6.62. The summed E-state index contributed by atoms with van der Waals surface area (Å²) in [4.78, 5) is 34.2. The molecule has 5 aromatic rings. The van der Waals surface area contributed by atoms with Crippen LogP contribution in [-0.2, 0) is 17.1 Å². The Balaban J connectivity index is 1.57. The van der Waals surface area contributed by atoms with Gasteiger partial charge >= 0.3 is 0 Å². The average Bonchev–Trinajstić information content (AvgIpc) is 3.29. The maximum absolute atomic E-state index is 13.1. The summed E-state index contributed by atoms with van der Waals surface area (Å²) in [6, 6.07) is 25.4. The number of para-hydroxylation sites is 2. The summed E-state index contributed by atoms with van der Waals surface area (Å²) in [6.45, 7) is 1.83. The molecule has 0 fully saturated rings. The molecule has 5 rings (SSSR count). The molecule has 0 spiro atoms. The molecule has 0 aliphatic heterocycles. The van der Waals surface area contributed by atoms with Crippen molar-refractivity contribution in [3.05, 3.63) is 107 Å². The van der Waals surface area contributed by atoms with Gasteiger partial charge in [0.2, 0.25) is 5.91 Å². The van der Waals surface area contributed by atoms with E-state index in [0.717, 1.165) is 22.1 Å². The van der Waals surface area contributed by atoms with Gasteiger partial charge in [-0.2, -0.15) is 0 Å². The van der Waals surface area contributed by atoms with Crippen molar-refractivity contribution >= 4 is 28.6 Å². The van der Waals surface area contributed by atoms with Crippen LogP contribution in [0.2, 0.25) is 0 Å². The molecule has 35 heavy (non-hydrogen) atoms. The lowest BCUT2D eigenvalue weighted by molar-refractivity contribution is -0.118. The first-order chi connectivity index (χ1) is 17.0. The number of rotatable bonds is 7. The van der Waals surface area contributed by atoms with E-state index >= 15 is 0 Å². The lowest BCUT2D eigenvalue weighted by atomic mass is 10.1. The number of nitrogens with two attached hydrogens (primary N) is 1. The Labute approximate surface area is 206 Å². The van der Waals surface area contributed by atoms with Crippen LogP contribution in [0.3, 0.4) is 0 Å². The van der Waals surface area contributed by atoms with Crippen molar-refractivity contribution in [3.63, 3.8) is 0 Å². The summed E-state index contributed by atoms with van der Waals surface area (Å²) >= 11 is 1.45. The van der Waals surface area contributed by atoms with E-state index in [4.69, 9.17) is 10.7 Å². The topological polar surface area (TPSA) is 95.8 Å². The SMILES string of the molecule is Cc1ccc(-c2cnc(SCc3nc4ccccc4c(=O)n3CC(N)=O)n2-c2ccccc2)cc1. The first-order valence-electron chi connectivity index (χ1n) is 11.1. The van der Waals surface area contributed by atoms with Gasteiger partial charge in [-0.3, -0.25) is 18.7 Å². The zero-order valence-electron chi connectivity index (χ0n) is 19.1. The highest BCUT2D eigenvalue weighted by Crippen LogP contribution is 2.31. The van der Waals surface area contributed by atoms with E-state index in [1.54, 1.807) is 18.2 Å². The molecule has 0 unspecified atom stereocenters. The fourth-order valence-corrected chi connectivity index (χ4v) is 4.90. The molecule has 0 radical (unpaired) electrons. The maximum atomic E-state index is 13.1. The fourth-order valence-electron chi connectivity index (χ4n) is 3.96. The van der Waals surface area contributed by atoms with Crippen LogP contribution in [0.25, 0.3) is 27.8 Å². The van der Waals surface area contributed by atoms with E-state index in [9.17, 15) is 9.59 Å². The second kappa shape index (κ2) is 9.60. The highest BCUT2D eigenvalue weighted by molar-refractivity contribution is 7.98. The number of benzene rings is 3. The quantitative estimate of drug-likeness (QED) is 0.349.